The molecule has 1 heterocycles. The Balaban J connectivity index is 1.71. The molecule has 0 atom stereocenters. The van der Waals surface area contributed by atoms with E-state index >= 15 is 0 Å². The Hall–Kier alpha value is -2.84. The first-order valence-corrected chi connectivity index (χ1v) is 11.6. The lowest BCUT2D eigenvalue weighted by Crippen LogP contribution is -2.36. The molecule has 0 radical (unpaired) electrons. The Morgan fingerprint density at radius 1 is 1.22 bits per heavy atom. The molecule has 1 aliphatic heterocycles. The number of anilines is 1. The van der Waals surface area contributed by atoms with Crippen LogP contribution in [0.3, 0.4) is 0 Å². The molecule has 2 aromatic carbocycles. The molecule has 2 aromatic rings. The van der Waals surface area contributed by atoms with Gasteiger partial charge in [0.05, 0.1) is 4.91 Å². The number of imide groups is 1. The van der Waals surface area contributed by atoms with Crippen LogP contribution in [0.1, 0.15) is 30.9 Å². The third-order valence-electron chi connectivity index (χ3n) is 4.65. The number of carbonyl (C=O) groups is 3. The van der Waals surface area contributed by atoms with Crippen molar-refractivity contribution >= 4 is 56.5 Å². The van der Waals surface area contributed by atoms with Crippen LogP contribution < -0.4 is 10.1 Å². The molecule has 3 rings (SSSR count). The van der Waals surface area contributed by atoms with Crippen LogP contribution in [0.5, 0.6) is 5.75 Å². The SMILES string of the molecule is C=CCOc1ccc(Br)cc1/C=C1/SC(=O)N(CC(=O)Nc2ccc(C(C)C)cc2)C1=O. The van der Waals surface area contributed by atoms with E-state index in [9.17, 15) is 14.4 Å². The van der Waals surface area contributed by atoms with E-state index in [2.05, 4.69) is 41.7 Å². The zero-order valence-electron chi connectivity index (χ0n) is 17.8. The first kappa shape index (κ1) is 23.8. The van der Waals surface area contributed by atoms with Gasteiger partial charge in [-0.1, -0.05) is 54.6 Å². The number of hydrogen-bond acceptors (Lipinski definition) is 5. The van der Waals surface area contributed by atoms with Crippen LogP contribution >= 0.6 is 27.7 Å². The second-order valence-corrected chi connectivity index (χ2v) is 9.28. The monoisotopic (exact) mass is 514 g/mol. The molecule has 1 aliphatic rings. The maximum atomic E-state index is 12.8. The Bertz CT molecular complexity index is 1080. The average Bonchev–Trinajstić information content (AvgIpc) is 3.01. The van der Waals surface area contributed by atoms with Crippen molar-refractivity contribution in [1.29, 1.82) is 0 Å². The summed E-state index contributed by atoms with van der Waals surface area (Å²) in [4.78, 5) is 38.8. The van der Waals surface area contributed by atoms with Crippen LogP contribution in [0, 0.1) is 0 Å². The van der Waals surface area contributed by atoms with Gasteiger partial charge in [-0.05, 0) is 59.7 Å². The first-order valence-electron chi connectivity index (χ1n) is 9.97. The van der Waals surface area contributed by atoms with E-state index in [1.54, 1.807) is 36.4 Å². The predicted molar refractivity (Wildman–Crippen MR) is 132 cm³/mol. The Labute approximate surface area is 199 Å². The van der Waals surface area contributed by atoms with E-state index in [1.807, 2.05) is 18.2 Å². The second-order valence-electron chi connectivity index (χ2n) is 7.37. The number of rotatable bonds is 8. The molecule has 0 saturated carbocycles. The maximum Gasteiger partial charge on any atom is 0.294 e. The minimum absolute atomic E-state index is 0.227. The van der Waals surface area contributed by atoms with Crippen molar-refractivity contribution < 1.29 is 19.1 Å². The van der Waals surface area contributed by atoms with E-state index in [0.717, 1.165) is 26.7 Å². The lowest BCUT2D eigenvalue weighted by Gasteiger charge is -2.13. The molecule has 166 valence electrons. The highest BCUT2D eigenvalue weighted by Crippen LogP contribution is 2.35. The molecule has 8 heteroatoms. The Morgan fingerprint density at radius 3 is 2.59 bits per heavy atom. The van der Waals surface area contributed by atoms with Crippen molar-refractivity contribution in [3.63, 3.8) is 0 Å². The summed E-state index contributed by atoms with van der Waals surface area (Å²) < 4.78 is 6.43. The number of nitrogens with one attached hydrogen (secondary N) is 1. The van der Waals surface area contributed by atoms with Gasteiger partial charge in [-0.2, -0.15) is 0 Å². The zero-order chi connectivity index (χ0) is 23.3. The fourth-order valence-corrected chi connectivity index (χ4v) is 4.19. The molecule has 3 amide bonds. The molecule has 0 aliphatic carbocycles. The lowest BCUT2D eigenvalue weighted by atomic mass is 10.0. The molecule has 1 N–H and O–H groups in total. The summed E-state index contributed by atoms with van der Waals surface area (Å²) >= 11 is 4.20. The van der Waals surface area contributed by atoms with Crippen molar-refractivity contribution in [3.05, 3.63) is 75.6 Å². The summed E-state index contributed by atoms with van der Waals surface area (Å²) in [6.07, 6.45) is 3.21. The minimum atomic E-state index is -0.514. The molecular weight excluding hydrogens is 492 g/mol. The van der Waals surface area contributed by atoms with Crippen molar-refractivity contribution in [1.82, 2.24) is 4.90 Å². The quantitative estimate of drug-likeness (QED) is 0.355. The molecule has 0 unspecified atom stereocenters. The summed E-state index contributed by atoms with van der Waals surface area (Å²) in [6.45, 7) is 7.76. The topological polar surface area (TPSA) is 75.7 Å². The molecule has 0 bridgehead atoms. The number of nitrogens with zero attached hydrogens (tertiary/aromatic N) is 1. The molecule has 1 fully saturated rings. The third-order valence-corrected chi connectivity index (χ3v) is 6.05. The van der Waals surface area contributed by atoms with Gasteiger partial charge in [-0.15, -0.1) is 0 Å². The standard InChI is InChI=1S/C24H23BrN2O4S/c1-4-11-31-20-10-7-18(25)12-17(20)13-21-23(29)27(24(30)32-21)14-22(28)26-19-8-5-16(6-9-19)15(2)3/h4-10,12-13,15H,1,11,14H2,2-3H3,(H,26,28)/b21-13+. The van der Waals surface area contributed by atoms with Gasteiger partial charge in [0.1, 0.15) is 18.9 Å². The van der Waals surface area contributed by atoms with E-state index in [1.165, 1.54) is 0 Å². The van der Waals surface area contributed by atoms with Crippen LogP contribution in [-0.4, -0.2) is 35.1 Å². The van der Waals surface area contributed by atoms with Crippen molar-refractivity contribution in [2.45, 2.75) is 19.8 Å². The molecular formula is C24H23BrN2O4S. The Kier molecular flexibility index (Phi) is 7.93. The highest BCUT2D eigenvalue weighted by atomic mass is 79.9. The van der Waals surface area contributed by atoms with E-state index in [0.29, 0.717) is 29.5 Å². The molecule has 32 heavy (non-hydrogen) atoms. The van der Waals surface area contributed by atoms with E-state index in [-0.39, 0.29) is 11.4 Å². The van der Waals surface area contributed by atoms with E-state index in [4.69, 9.17) is 4.74 Å². The molecule has 6 nitrogen and oxygen atoms in total. The smallest absolute Gasteiger partial charge is 0.294 e. The molecule has 0 spiro atoms. The maximum absolute atomic E-state index is 12.8. The van der Waals surface area contributed by atoms with Crippen LogP contribution in [0.15, 0.2) is 64.5 Å². The fourth-order valence-electron chi connectivity index (χ4n) is 2.99. The summed E-state index contributed by atoms with van der Waals surface area (Å²) in [5, 5.41) is 2.24. The number of thioether (sulfide) groups is 1. The normalized spacial score (nSPS) is 14.9. The van der Waals surface area contributed by atoms with Gasteiger partial charge in [0.25, 0.3) is 11.1 Å². The van der Waals surface area contributed by atoms with Gasteiger partial charge >= 0.3 is 0 Å². The van der Waals surface area contributed by atoms with Crippen LogP contribution in [-0.2, 0) is 9.59 Å². The van der Waals surface area contributed by atoms with Crippen LogP contribution in [0.25, 0.3) is 6.08 Å². The zero-order valence-corrected chi connectivity index (χ0v) is 20.2. The minimum Gasteiger partial charge on any atom is -0.489 e. The third kappa shape index (κ3) is 5.89. The number of halogens is 1. The molecule has 0 aromatic heterocycles. The summed E-state index contributed by atoms with van der Waals surface area (Å²) in [5.41, 5.74) is 2.41. The number of carbonyl (C=O) groups excluding carboxylic acids is 3. The van der Waals surface area contributed by atoms with Crippen molar-refractivity contribution in [2.24, 2.45) is 0 Å². The van der Waals surface area contributed by atoms with Gasteiger partial charge in [-0.25, -0.2) is 0 Å². The number of amides is 3. The van der Waals surface area contributed by atoms with Crippen molar-refractivity contribution in [3.8, 4) is 5.75 Å². The van der Waals surface area contributed by atoms with Crippen molar-refractivity contribution in [2.75, 3.05) is 18.5 Å². The lowest BCUT2D eigenvalue weighted by molar-refractivity contribution is -0.127. The number of benzene rings is 2. The summed E-state index contributed by atoms with van der Waals surface area (Å²) in [7, 11) is 0. The van der Waals surface area contributed by atoms with Crippen LogP contribution in [0.2, 0.25) is 0 Å². The van der Waals surface area contributed by atoms with Gasteiger partial charge < -0.3 is 10.1 Å². The summed E-state index contributed by atoms with van der Waals surface area (Å²) in [5.74, 6) is -0.0134. The fraction of sp³-hybridized carbons (Fsp3) is 0.208. The largest absolute Gasteiger partial charge is 0.489 e. The van der Waals surface area contributed by atoms with Crippen LogP contribution in [0.4, 0.5) is 10.5 Å². The highest BCUT2D eigenvalue weighted by Gasteiger charge is 2.36. The Morgan fingerprint density at radius 2 is 1.94 bits per heavy atom. The first-order chi connectivity index (χ1) is 15.3. The predicted octanol–water partition coefficient (Wildman–Crippen LogP) is 5.81. The van der Waals surface area contributed by atoms with Gasteiger partial charge in [0, 0.05) is 15.7 Å². The molecule has 1 saturated heterocycles. The number of ether oxygens (including phenoxy) is 1. The number of hydrogen-bond donors (Lipinski definition) is 1. The van der Waals surface area contributed by atoms with Gasteiger partial charge in [-0.3, -0.25) is 19.3 Å². The van der Waals surface area contributed by atoms with Gasteiger partial charge in [0.2, 0.25) is 5.91 Å². The average molecular weight is 515 g/mol. The highest BCUT2D eigenvalue weighted by molar-refractivity contribution is 9.10. The van der Waals surface area contributed by atoms with Gasteiger partial charge in [0.15, 0.2) is 0 Å². The second kappa shape index (κ2) is 10.7. The summed E-state index contributed by atoms with van der Waals surface area (Å²) in [6, 6.07) is 12.9. The van der Waals surface area contributed by atoms with E-state index < -0.39 is 17.1 Å².